The van der Waals surface area contributed by atoms with Crippen LogP contribution >= 0.6 is 22.6 Å². The highest BCUT2D eigenvalue weighted by molar-refractivity contribution is 14.1. The lowest BCUT2D eigenvalue weighted by Gasteiger charge is -2.24. The van der Waals surface area contributed by atoms with E-state index in [1.54, 1.807) is 0 Å². The zero-order valence-electron chi connectivity index (χ0n) is 9.12. The molecule has 2 rings (SSSR count). The van der Waals surface area contributed by atoms with Gasteiger partial charge in [0.2, 0.25) is 0 Å². The summed E-state index contributed by atoms with van der Waals surface area (Å²) >= 11 is 2.05. The first-order valence-corrected chi connectivity index (χ1v) is 8.28. The van der Waals surface area contributed by atoms with Crippen molar-refractivity contribution in [1.82, 2.24) is 0 Å². The molecule has 0 aromatic heterocycles. The SMILES string of the molecule is O=S1(=O)CCC(Nc2cc(F)cc(I)c2)CC1. The summed E-state index contributed by atoms with van der Waals surface area (Å²) in [5.41, 5.74) is 0.721. The average molecular weight is 369 g/mol. The molecule has 0 atom stereocenters. The van der Waals surface area contributed by atoms with Crippen LogP contribution in [0.4, 0.5) is 10.1 Å². The van der Waals surface area contributed by atoms with E-state index in [2.05, 4.69) is 27.9 Å². The summed E-state index contributed by atoms with van der Waals surface area (Å²) in [7, 11) is -2.84. The van der Waals surface area contributed by atoms with Crippen molar-refractivity contribution in [2.24, 2.45) is 0 Å². The predicted molar refractivity (Wildman–Crippen MR) is 74.4 cm³/mol. The average Bonchev–Trinajstić information content (AvgIpc) is 2.20. The second kappa shape index (κ2) is 5.09. The second-order valence-electron chi connectivity index (χ2n) is 4.23. The summed E-state index contributed by atoms with van der Waals surface area (Å²) in [5, 5.41) is 3.19. The fourth-order valence-electron chi connectivity index (χ4n) is 1.91. The first-order valence-electron chi connectivity index (χ1n) is 5.38. The Hall–Kier alpha value is -0.370. The summed E-state index contributed by atoms with van der Waals surface area (Å²) < 4.78 is 36.5. The molecule has 17 heavy (non-hydrogen) atoms. The molecule has 6 heteroatoms. The molecule has 1 fully saturated rings. The quantitative estimate of drug-likeness (QED) is 0.815. The molecule has 1 aliphatic heterocycles. The highest BCUT2D eigenvalue weighted by atomic mass is 127. The highest BCUT2D eigenvalue weighted by Gasteiger charge is 2.23. The Labute approximate surface area is 114 Å². The molecule has 0 bridgehead atoms. The van der Waals surface area contributed by atoms with Crippen LogP contribution in [0.25, 0.3) is 0 Å². The molecule has 0 saturated carbocycles. The minimum Gasteiger partial charge on any atom is -0.382 e. The third-order valence-electron chi connectivity index (χ3n) is 2.79. The van der Waals surface area contributed by atoms with Crippen LogP contribution in [0.3, 0.4) is 0 Å². The van der Waals surface area contributed by atoms with Gasteiger partial charge in [-0.1, -0.05) is 0 Å². The maximum atomic E-state index is 13.2. The molecular weight excluding hydrogens is 356 g/mol. The van der Waals surface area contributed by atoms with Gasteiger partial charge in [0.05, 0.1) is 11.5 Å². The third kappa shape index (κ3) is 3.80. The van der Waals surface area contributed by atoms with Gasteiger partial charge in [0.15, 0.2) is 0 Å². The van der Waals surface area contributed by atoms with Crippen molar-refractivity contribution in [2.75, 3.05) is 16.8 Å². The Morgan fingerprint density at radius 1 is 1.24 bits per heavy atom. The van der Waals surface area contributed by atoms with E-state index in [4.69, 9.17) is 0 Å². The van der Waals surface area contributed by atoms with Crippen molar-refractivity contribution < 1.29 is 12.8 Å². The molecule has 94 valence electrons. The van der Waals surface area contributed by atoms with Gasteiger partial charge in [0.1, 0.15) is 15.7 Å². The Morgan fingerprint density at radius 3 is 2.47 bits per heavy atom. The molecule has 0 spiro atoms. The number of halogens is 2. The molecule has 1 aliphatic rings. The Kier molecular flexibility index (Phi) is 3.92. The second-order valence-corrected chi connectivity index (χ2v) is 7.78. The molecule has 0 amide bonds. The summed E-state index contributed by atoms with van der Waals surface area (Å²) in [5.74, 6) is 0.163. The summed E-state index contributed by atoms with van der Waals surface area (Å²) in [6.45, 7) is 0. The van der Waals surface area contributed by atoms with Crippen molar-refractivity contribution >= 4 is 38.1 Å². The van der Waals surface area contributed by atoms with E-state index in [9.17, 15) is 12.8 Å². The number of hydrogen-bond donors (Lipinski definition) is 1. The van der Waals surface area contributed by atoms with Crippen LogP contribution in [-0.2, 0) is 9.84 Å². The van der Waals surface area contributed by atoms with E-state index in [0.717, 1.165) is 9.26 Å². The third-order valence-corrected chi connectivity index (χ3v) is 5.13. The van der Waals surface area contributed by atoms with Crippen LogP contribution in [0.1, 0.15) is 12.8 Å². The lowest BCUT2D eigenvalue weighted by molar-refractivity contribution is 0.559. The molecule has 1 heterocycles. The van der Waals surface area contributed by atoms with E-state index in [0.29, 0.717) is 12.8 Å². The number of rotatable bonds is 2. The molecule has 0 radical (unpaired) electrons. The number of benzene rings is 1. The summed E-state index contributed by atoms with van der Waals surface area (Å²) in [4.78, 5) is 0. The van der Waals surface area contributed by atoms with Gasteiger partial charge in [-0.15, -0.1) is 0 Å². The molecule has 3 nitrogen and oxygen atoms in total. The van der Waals surface area contributed by atoms with Crippen LogP contribution in [0.5, 0.6) is 0 Å². The molecule has 1 N–H and O–H groups in total. The maximum absolute atomic E-state index is 13.2. The van der Waals surface area contributed by atoms with Crippen LogP contribution < -0.4 is 5.32 Å². The topological polar surface area (TPSA) is 46.2 Å². The highest BCUT2D eigenvalue weighted by Crippen LogP contribution is 2.20. The molecule has 0 unspecified atom stereocenters. The van der Waals surface area contributed by atoms with Crippen LogP contribution in [0.15, 0.2) is 18.2 Å². The van der Waals surface area contributed by atoms with Crippen LogP contribution in [-0.4, -0.2) is 26.0 Å². The minimum atomic E-state index is -2.84. The van der Waals surface area contributed by atoms with Gasteiger partial charge in [-0.25, -0.2) is 12.8 Å². The molecule has 1 aromatic carbocycles. The van der Waals surface area contributed by atoms with Crippen LogP contribution in [0, 0.1) is 9.39 Å². The Balaban J connectivity index is 2.02. The zero-order chi connectivity index (χ0) is 12.5. The Morgan fingerprint density at radius 2 is 1.88 bits per heavy atom. The molecular formula is C11H13FINO2S. The van der Waals surface area contributed by atoms with E-state index in [-0.39, 0.29) is 23.4 Å². The van der Waals surface area contributed by atoms with Crippen molar-refractivity contribution in [3.63, 3.8) is 0 Å². The largest absolute Gasteiger partial charge is 0.382 e. The lowest BCUT2D eigenvalue weighted by atomic mass is 10.1. The molecule has 0 aliphatic carbocycles. The van der Waals surface area contributed by atoms with Crippen molar-refractivity contribution in [2.45, 2.75) is 18.9 Å². The van der Waals surface area contributed by atoms with Gasteiger partial charge < -0.3 is 5.32 Å². The van der Waals surface area contributed by atoms with Crippen molar-refractivity contribution in [1.29, 1.82) is 0 Å². The van der Waals surface area contributed by atoms with Crippen molar-refractivity contribution in [3.05, 3.63) is 27.6 Å². The summed E-state index contributed by atoms with van der Waals surface area (Å²) in [6.07, 6.45) is 1.19. The smallest absolute Gasteiger partial charge is 0.150 e. The maximum Gasteiger partial charge on any atom is 0.150 e. The van der Waals surface area contributed by atoms with E-state index >= 15 is 0 Å². The fourth-order valence-corrected chi connectivity index (χ4v) is 4.03. The number of anilines is 1. The predicted octanol–water partition coefficient (Wildman–Crippen LogP) is 2.42. The number of sulfone groups is 1. The number of hydrogen-bond acceptors (Lipinski definition) is 3. The normalized spacial score (nSPS) is 20.1. The van der Waals surface area contributed by atoms with E-state index in [1.807, 2.05) is 6.07 Å². The number of nitrogens with one attached hydrogen (secondary N) is 1. The first-order chi connectivity index (χ1) is 7.94. The zero-order valence-corrected chi connectivity index (χ0v) is 12.1. The van der Waals surface area contributed by atoms with Crippen molar-refractivity contribution in [3.8, 4) is 0 Å². The summed E-state index contributed by atoms with van der Waals surface area (Å²) in [6, 6.07) is 4.87. The monoisotopic (exact) mass is 369 g/mol. The molecule has 1 saturated heterocycles. The van der Waals surface area contributed by atoms with Gasteiger partial charge in [-0.2, -0.15) is 0 Å². The van der Waals surface area contributed by atoms with Gasteiger partial charge in [0.25, 0.3) is 0 Å². The molecule has 1 aromatic rings. The first kappa shape index (κ1) is 13.1. The van der Waals surface area contributed by atoms with E-state index in [1.165, 1.54) is 12.1 Å². The minimum absolute atomic E-state index is 0.121. The van der Waals surface area contributed by atoms with Gasteiger partial charge in [-0.05, 0) is 53.6 Å². The van der Waals surface area contributed by atoms with E-state index < -0.39 is 9.84 Å². The van der Waals surface area contributed by atoms with Gasteiger partial charge in [0, 0.05) is 15.3 Å². The van der Waals surface area contributed by atoms with Gasteiger partial charge >= 0.3 is 0 Å². The fraction of sp³-hybridized carbons (Fsp3) is 0.455. The standard InChI is InChI=1S/C11H13FINO2S/c12-8-5-9(13)7-11(6-8)14-10-1-3-17(15,16)4-2-10/h5-7,10,14H,1-4H2. The van der Waals surface area contributed by atoms with Gasteiger partial charge in [-0.3, -0.25) is 0 Å². The van der Waals surface area contributed by atoms with Crippen LogP contribution in [0.2, 0.25) is 0 Å². The Bertz CT molecular complexity index is 484. The lowest BCUT2D eigenvalue weighted by Crippen LogP contribution is -2.32.